The van der Waals surface area contributed by atoms with Gasteiger partial charge >= 0.3 is 0 Å². The molecule has 4 nitrogen and oxygen atoms in total. The third-order valence-corrected chi connectivity index (χ3v) is 4.00. The Morgan fingerprint density at radius 2 is 2.15 bits per heavy atom. The van der Waals surface area contributed by atoms with Crippen LogP contribution in [0.4, 0.5) is 11.4 Å². The number of nitrogens with one attached hydrogen (secondary N) is 1. The number of nitrogens with zero attached hydrogens (tertiary/aromatic N) is 1. The first kappa shape index (κ1) is 12.6. The molecule has 0 aliphatic rings. The van der Waals surface area contributed by atoms with Crippen LogP contribution in [0.25, 0.3) is 10.2 Å². The first-order valence-electron chi connectivity index (χ1n) is 6.15. The Hall–Kier alpha value is -2.40. The van der Waals surface area contributed by atoms with Crippen LogP contribution in [0.3, 0.4) is 0 Å². The number of fused-ring (bicyclic) bond motifs is 1. The fraction of sp³-hybridized carbons (Fsp3) is 0.0667. The van der Waals surface area contributed by atoms with Gasteiger partial charge in [-0.15, -0.1) is 11.3 Å². The molecule has 1 aromatic heterocycles. The minimum atomic E-state index is -0.154. The predicted octanol–water partition coefficient (Wildman–Crippen LogP) is 3.44. The van der Waals surface area contributed by atoms with Crippen molar-refractivity contribution >= 4 is 38.8 Å². The molecule has 0 bridgehead atoms. The van der Waals surface area contributed by atoms with E-state index in [9.17, 15) is 4.79 Å². The number of rotatable bonds is 2. The lowest BCUT2D eigenvalue weighted by Crippen LogP contribution is -2.14. The highest BCUT2D eigenvalue weighted by Gasteiger charge is 2.11. The van der Waals surface area contributed by atoms with Crippen LogP contribution < -0.4 is 11.1 Å². The van der Waals surface area contributed by atoms with Crippen LogP contribution in [0, 0.1) is 6.92 Å². The van der Waals surface area contributed by atoms with E-state index in [-0.39, 0.29) is 5.91 Å². The fourth-order valence-corrected chi connectivity index (χ4v) is 2.75. The summed E-state index contributed by atoms with van der Waals surface area (Å²) in [5, 5.41) is 2.89. The van der Waals surface area contributed by atoms with Gasteiger partial charge < -0.3 is 11.1 Å². The van der Waals surface area contributed by atoms with Gasteiger partial charge in [-0.2, -0.15) is 0 Å². The summed E-state index contributed by atoms with van der Waals surface area (Å²) in [5.74, 6) is -0.154. The average Bonchev–Trinajstić information content (AvgIpc) is 2.89. The van der Waals surface area contributed by atoms with Crippen molar-refractivity contribution in [1.29, 1.82) is 0 Å². The highest BCUT2D eigenvalue weighted by Crippen LogP contribution is 2.23. The van der Waals surface area contributed by atoms with Gasteiger partial charge in [-0.25, -0.2) is 4.98 Å². The number of aromatic nitrogens is 1. The quantitative estimate of drug-likeness (QED) is 0.708. The number of carbonyl (C=O) groups is 1. The number of hydrogen-bond donors (Lipinski definition) is 2. The van der Waals surface area contributed by atoms with Gasteiger partial charge in [-0.1, -0.05) is 6.07 Å². The van der Waals surface area contributed by atoms with Crippen LogP contribution in [-0.2, 0) is 0 Å². The van der Waals surface area contributed by atoms with Crippen molar-refractivity contribution in [3.8, 4) is 0 Å². The second kappa shape index (κ2) is 4.94. The highest BCUT2D eigenvalue weighted by atomic mass is 32.1. The molecule has 1 heterocycles. The predicted molar refractivity (Wildman–Crippen MR) is 83.2 cm³/mol. The van der Waals surface area contributed by atoms with E-state index in [1.54, 1.807) is 35.0 Å². The minimum absolute atomic E-state index is 0.154. The summed E-state index contributed by atoms with van der Waals surface area (Å²) in [6, 6.07) is 11.0. The summed E-state index contributed by atoms with van der Waals surface area (Å²) in [7, 11) is 0. The maximum absolute atomic E-state index is 12.3. The van der Waals surface area contributed by atoms with E-state index in [2.05, 4.69) is 10.3 Å². The average molecular weight is 283 g/mol. The molecule has 0 saturated heterocycles. The van der Waals surface area contributed by atoms with Gasteiger partial charge in [0, 0.05) is 16.9 Å². The molecule has 0 spiro atoms. The molecular weight excluding hydrogens is 270 g/mol. The Morgan fingerprint density at radius 3 is 3.00 bits per heavy atom. The van der Waals surface area contributed by atoms with Crippen molar-refractivity contribution in [3.63, 3.8) is 0 Å². The molecule has 3 N–H and O–H groups in total. The maximum atomic E-state index is 12.3. The lowest BCUT2D eigenvalue weighted by molar-refractivity contribution is 0.102. The summed E-state index contributed by atoms with van der Waals surface area (Å²) in [4.78, 5) is 16.5. The van der Waals surface area contributed by atoms with Crippen molar-refractivity contribution in [3.05, 3.63) is 53.0 Å². The first-order valence-corrected chi connectivity index (χ1v) is 7.03. The molecular formula is C15H13N3OS. The van der Waals surface area contributed by atoms with Crippen LogP contribution in [0.5, 0.6) is 0 Å². The third-order valence-electron chi connectivity index (χ3n) is 3.21. The molecule has 0 aliphatic heterocycles. The van der Waals surface area contributed by atoms with E-state index in [0.29, 0.717) is 11.3 Å². The molecule has 20 heavy (non-hydrogen) atoms. The zero-order valence-electron chi connectivity index (χ0n) is 10.9. The third kappa shape index (κ3) is 2.23. The monoisotopic (exact) mass is 283 g/mol. The number of thiazole rings is 1. The van der Waals surface area contributed by atoms with Crippen molar-refractivity contribution in [2.75, 3.05) is 11.1 Å². The van der Waals surface area contributed by atoms with Crippen molar-refractivity contribution in [2.24, 2.45) is 0 Å². The molecule has 3 rings (SSSR count). The van der Waals surface area contributed by atoms with E-state index < -0.39 is 0 Å². The van der Waals surface area contributed by atoms with Crippen molar-refractivity contribution in [1.82, 2.24) is 4.98 Å². The lowest BCUT2D eigenvalue weighted by atomic mass is 10.1. The molecule has 0 saturated carbocycles. The Morgan fingerprint density at radius 1 is 1.30 bits per heavy atom. The van der Waals surface area contributed by atoms with Gasteiger partial charge in [0.1, 0.15) is 0 Å². The number of carbonyl (C=O) groups excluding carboxylic acids is 1. The lowest BCUT2D eigenvalue weighted by Gasteiger charge is -2.09. The molecule has 0 atom stereocenters. The molecule has 3 aromatic rings. The second-order valence-electron chi connectivity index (χ2n) is 4.51. The van der Waals surface area contributed by atoms with Gasteiger partial charge in [0.25, 0.3) is 5.91 Å². The Kier molecular flexibility index (Phi) is 3.12. The van der Waals surface area contributed by atoms with Crippen LogP contribution in [-0.4, -0.2) is 10.9 Å². The van der Waals surface area contributed by atoms with Gasteiger partial charge in [0.05, 0.1) is 15.7 Å². The molecule has 0 radical (unpaired) electrons. The first-order chi connectivity index (χ1) is 9.65. The van der Waals surface area contributed by atoms with Crippen LogP contribution >= 0.6 is 11.3 Å². The van der Waals surface area contributed by atoms with Gasteiger partial charge in [0.15, 0.2) is 0 Å². The van der Waals surface area contributed by atoms with E-state index in [1.165, 1.54) is 0 Å². The van der Waals surface area contributed by atoms with Crippen LogP contribution in [0.1, 0.15) is 15.9 Å². The van der Waals surface area contributed by atoms with E-state index in [4.69, 9.17) is 5.73 Å². The Bertz CT molecular complexity index is 795. The highest BCUT2D eigenvalue weighted by molar-refractivity contribution is 7.16. The molecule has 0 unspecified atom stereocenters. The number of hydrogen-bond acceptors (Lipinski definition) is 4. The molecule has 5 heteroatoms. The summed E-state index contributed by atoms with van der Waals surface area (Å²) >= 11 is 1.55. The normalized spacial score (nSPS) is 10.7. The van der Waals surface area contributed by atoms with Gasteiger partial charge in [-0.3, -0.25) is 4.79 Å². The zero-order valence-corrected chi connectivity index (χ0v) is 11.7. The summed E-state index contributed by atoms with van der Waals surface area (Å²) in [5.41, 5.74) is 11.3. The smallest absolute Gasteiger partial charge is 0.256 e. The SMILES string of the molecule is Cc1c(N)cccc1C(=O)Nc1ccc2ncsc2c1. The van der Waals surface area contributed by atoms with Crippen LogP contribution in [0.15, 0.2) is 41.9 Å². The number of nitrogens with two attached hydrogens (primary N) is 1. The fourth-order valence-electron chi connectivity index (χ4n) is 2.03. The number of nitrogen functional groups attached to an aromatic ring is 1. The van der Waals surface area contributed by atoms with E-state index in [0.717, 1.165) is 21.5 Å². The molecule has 1 amide bonds. The van der Waals surface area contributed by atoms with Gasteiger partial charge in [0.2, 0.25) is 0 Å². The maximum Gasteiger partial charge on any atom is 0.256 e. The Labute approximate surface area is 120 Å². The summed E-state index contributed by atoms with van der Waals surface area (Å²) in [6.45, 7) is 1.84. The molecule has 0 fully saturated rings. The summed E-state index contributed by atoms with van der Waals surface area (Å²) in [6.07, 6.45) is 0. The number of benzene rings is 2. The topological polar surface area (TPSA) is 68.0 Å². The minimum Gasteiger partial charge on any atom is -0.398 e. The summed E-state index contributed by atoms with van der Waals surface area (Å²) < 4.78 is 1.05. The van der Waals surface area contributed by atoms with Crippen molar-refractivity contribution < 1.29 is 4.79 Å². The number of anilines is 2. The molecule has 0 aliphatic carbocycles. The van der Waals surface area contributed by atoms with Gasteiger partial charge in [-0.05, 0) is 42.8 Å². The largest absolute Gasteiger partial charge is 0.398 e. The van der Waals surface area contributed by atoms with E-state index in [1.807, 2.05) is 25.1 Å². The molecule has 2 aromatic carbocycles. The number of amides is 1. The second-order valence-corrected chi connectivity index (χ2v) is 5.40. The Balaban J connectivity index is 1.90. The zero-order chi connectivity index (χ0) is 14.1. The standard InChI is InChI=1S/C15H13N3OS/c1-9-11(3-2-4-12(9)16)15(19)18-10-5-6-13-14(7-10)20-8-17-13/h2-8H,16H2,1H3,(H,18,19). The van der Waals surface area contributed by atoms with Crippen molar-refractivity contribution in [2.45, 2.75) is 6.92 Å². The van der Waals surface area contributed by atoms with E-state index >= 15 is 0 Å². The van der Waals surface area contributed by atoms with Crippen LogP contribution in [0.2, 0.25) is 0 Å². The molecule has 100 valence electrons.